The predicted octanol–water partition coefficient (Wildman–Crippen LogP) is 2.43. The second-order valence-electron chi connectivity index (χ2n) is 10.9. The molecule has 0 fully saturated rings. The minimum absolute atomic E-state index is 0.106. The van der Waals surface area contributed by atoms with Crippen molar-refractivity contribution >= 4 is 21.8 Å². The second-order valence-corrected chi connectivity index (χ2v) is 12.6. The highest BCUT2D eigenvalue weighted by molar-refractivity contribution is 7.92. The number of amides is 1. The molecule has 0 bridgehead atoms. The van der Waals surface area contributed by atoms with Gasteiger partial charge < -0.3 is 25.1 Å². The van der Waals surface area contributed by atoms with Crippen molar-refractivity contribution in [3.63, 3.8) is 0 Å². The van der Waals surface area contributed by atoms with E-state index in [1.54, 1.807) is 23.1 Å². The van der Waals surface area contributed by atoms with Gasteiger partial charge in [0.25, 0.3) is 0 Å². The van der Waals surface area contributed by atoms with Gasteiger partial charge in [0.2, 0.25) is 10.0 Å². The van der Waals surface area contributed by atoms with Crippen LogP contribution in [0.2, 0.25) is 0 Å². The summed E-state index contributed by atoms with van der Waals surface area (Å²) in [4.78, 5) is 14.4. The second kappa shape index (κ2) is 13.4. The number of sulfonamides is 1. The molecule has 0 spiro atoms. The van der Waals surface area contributed by atoms with Crippen LogP contribution in [0.25, 0.3) is 0 Å². The van der Waals surface area contributed by atoms with Crippen molar-refractivity contribution in [2.45, 2.75) is 51.5 Å². The van der Waals surface area contributed by atoms with E-state index in [-0.39, 0.29) is 19.2 Å². The van der Waals surface area contributed by atoms with Crippen LogP contribution in [0.3, 0.4) is 0 Å². The van der Waals surface area contributed by atoms with Gasteiger partial charge in [-0.15, -0.1) is 10.2 Å². The van der Waals surface area contributed by atoms with Crippen molar-refractivity contribution in [1.29, 1.82) is 0 Å². The van der Waals surface area contributed by atoms with Gasteiger partial charge >= 0.3 is 6.09 Å². The highest BCUT2D eigenvalue weighted by Crippen LogP contribution is 2.21. The molecule has 0 unspecified atom stereocenters. The number of nitrogens with zero attached hydrogens (tertiary/aromatic N) is 4. The van der Waals surface area contributed by atoms with Crippen molar-refractivity contribution in [2.75, 3.05) is 37.3 Å². The van der Waals surface area contributed by atoms with Crippen LogP contribution in [0.4, 0.5) is 10.5 Å². The maximum absolute atomic E-state index is 12.8. The van der Waals surface area contributed by atoms with Crippen molar-refractivity contribution in [1.82, 2.24) is 25.0 Å². The first kappa shape index (κ1) is 30.4. The Labute approximate surface area is 241 Å². The molecule has 41 heavy (non-hydrogen) atoms. The van der Waals surface area contributed by atoms with E-state index >= 15 is 0 Å². The molecule has 1 aliphatic heterocycles. The minimum atomic E-state index is -3.42. The molecule has 1 aliphatic rings. The molecule has 1 aromatic heterocycles. The summed E-state index contributed by atoms with van der Waals surface area (Å²) in [6.45, 7) is 6.62. The van der Waals surface area contributed by atoms with E-state index in [1.807, 2.05) is 54.8 Å². The van der Waals surface area contributed by atoms with Gasteiger partial charge in [0.05, 0.1) is 44.4 Å². The summed E-state index contributed by atoms with van der Waals surface area (Å²) in [5, 5.41) is 12.3. The molecule has 2 heterocycles. The highest BCUT2D eigenvalue weighted by Gasteiger charge is 2.29. The smallest absolute Gasteiger partial charge is 0.410 e. The van der Waals surface area contributed by atoms with Crippen LogP contribution in [0.1, 0.15) is 42.7 Å². The van der Waals surface area contributed by atoms with E-state index in [2.05, 4.69) is 20.2 Å². The highest BCUT2D eigenvalue weighted by atomic mass is 32.2. The van der Waals surface area contributed by atoms with Crippen LogP contribution in [0.15, 0.2) is 54.6 Å². The topological polar surface area (TPSA) is 154 Å². The van der Waals surface area contributed by atoms with Crippen LogP contribution >= 0.6 is 0 Å². The van der Waals surface area contributed by atoms with Crippen molar-refractivity contribution < 1.29 is 22.7 Å². The van der Waals surface area contributed by atoms with Crippen LogP contribution in [0.5, 0.6) is 0 Å². The largest absolute Gasteiger partial charge is 0.449 e. The van der Waals surface area contributed by atoms with Gasteiger partial charge in [-0.25, -0.2) is 13.2 Å². The lowest BCUT2D eigenvalue weighted by Gasteiger charge is -2.29. The Morgan fingerprint density at radius 3 is 2.56 bits per heavy atom. The third-order valence-electron chi connectivity index (χ3n) is 6.46. The monoisotopic (exact) mass is 585 g/mol. The first-order valence-electron chi connectivity index (χ1n) is 13.5. The first-order chi connectivity index (χ1) is 19.5. The molecule has 1 atom stereocenters. The molecule has 0 saturated heterocycles. The molecule has 4 rings (SSSR count). The van der Waals surface area contributed by atoms with Crippen LogP contribution < -0.4 is 15.8 Å². The van der Waals surface area contributed by atoms with Gasteiger partial charge in [0.1, 0.15) is 0 Å². The van der Waals surface area contributed by atoms with Crippen LogP contribution in [-0.4, -0.2) is 72.3 Å². The number of aromatic nitrogens is 3. The van der Waals surface area contributed by atoms with Crippen LogP contribution in [-0.2, 0) is 45.6 Å². The van der Waals surface area contributed by atoms with Crippen molar-refractivity contribution in [2.24, 2.45) is 5.73 Å². The zero-order valence-corrected chi connectivity index (χ0v) is 24.6. The van der Waals surface area contributed by atoms with E-state index in [4.69, 9.17) is 15.2 Å². The van der Waals surface area contributed by atoms with Gasteiger partial charge in [0, 0.05) is 31.6 Å². The summed E-state index contributed by atoms with van der Waals surface area (Å²) < 4.78 is 39.3. The lowest BCUT2D eigenvalue weighted by Crippen LogP contribution is -2.46. The molecular weight excluding hydrogens is 546 g/mol. The van der Waals surface area contributed by atoms with E-state index in [9.17, 15) is 13.2 Å². The maximum atomic E-state index is 12.8. The summed E-state index contributed by atoms with van der Waals surface area (Å²) >= 11 is 0. The predicted molar refractivity (Wildman–Crippen MR) is 156 cm³/mol. The van der Waals surface area contributed by atoms with E-state index < -0.39 is 21.7 Å². The van der Waals surface area contributed by atoms with Gasteiger partial charge in [-0.05, 0) is 31.0 Å². The van der Waals surface area contributed by atoms with Crippen LogP contribution in [0, 0.1) is 0 Å². The molecule has 0 radical (unpaired) electrons. The first-order valence-corrected chi connectivity index (χ1v) is 15.4. The fraction of sp³-hybridized carbons (Fsp3) is 0.464. The number of fused-ring (bicyclic) bond motifs is 1. The average Bonchev–Trinajstić information content (AvgIpc) is 3.34. The Bertz CT molecular complexity index is 1410. The summed E-state index contributed by atoms with van der Waals surface area (Å²) in [6, 6.07) is 16.8. The Hall–Kier alpha value is -3.52. The molecule has 13 heteroatoms. The molecule has 0 aliphatic carbocycles. The number of benzene rings is 2. The fourth-order valence-electron chi connectivity index (χ4n) is 4.45. The maximum Gasteiger partial charge on any atom is 0.410 e. The third kappa shape index (κ3) is 9.25. The molecule has 2 aromatic carbocycles. The van der Waals surface area contributed by atoms with Gasteiger partial charge in [0.15, 0.2) is 11.6 Å². The average molecular weight is 586 g/mol. The lowest BCUT2D eigenvalue weighted by atomic mass is 10.1. The number of hydrogen-bond donors (Lipinski definition) is 3. The Morgan fingerprint density at radius 2 is 1.83 bits per heavy atom. The lowest BCUT2D eigenvalue weighted by molar-refractivity contribution is 0.0873. The Balaban J connectivity index is 1.35. The molecule has 4 N–H and O–H groups in total. The van der Waals surface area contributed by atoms with E-state index in [0.717, 1.165) is 23.2 Å². The van der Waals surface area contributed by atoms with E-state index in [0.29, 0.717) is 50.8 Å². The zero-order valence-electron chi connectivity index (χ0n) is 23.7. The minimum Gasteiger partial charge on any atom is -0.449 e. The molecule has 222 valence electrons. The Morgan fingerprint density at radius 1 is 1.10 bits per heavy atom. The number of nitrogens with one attached hydrogen (secondary N) is 2. The van der Waals surface area contributed by atoms with E-state index in [1.165, 1.54) is 0 Å². The summed E-state index contributed by atoms with van der Waals surface area (Å²) in [5.41, 5.74) is 8.09. The summed E-state index contributed by atoms with van der Waals surface area (Å²) in [5.74, 6) is 1.40. The van der Waals surface area contributed by atoms with Crippen molar-refractivity contribution in [3.05, 3.63) is 77.4 Å². The molecular formula is C28H39N7O5S. The molecule has 3 aromatic rings. The molecule has 1 amide bonds. The number of carbonyl (C=O) groups excluding carboxylic acids is 1. The van der Waals surface area contributed by atoms with Gasteiger partial charge in [-0.3, -0.25) is 9.62 Å². The normalized spacial score (nSPS) is 14.4. The number of para-hydroxylation sites is 1. The third-order valence-corrected chi connectivity index (χ3v) is 7.05. The number of rotatable bonds is 13. The zero-order chi connectivity index (χ0) is 29.5. The van der Waals surface area contributed by atoms with Crippen molar-refractivity contribution in [3.8, 4) is 0 Å². The Kier molecular flexibility index (Phi) is 9.97. The summed E-state index contributed by atoms with van der Waals surface area (Å²) in [7, 11) is -3.42. The SMILES string of the molecule is CC(C)(N)CN[C@H](COCc1ccccc1)c1nnc2n1CCN(C(=O)OCCc1ccccc1NS(C)(=O)=O)C2. The molecule has 12 nitrogen and oxygen atoms in total. The van der Waals surface area contributed by atoms with Gasteiger partial charge in [-0.1, -0.05) is 48.5 Å². The molecule has 0 saturated carbocycles. The number of carbonyl (C=O) groups is 1. The summed E-state index contributed by atoms with van der Waals surface area (Å²) in [6.07, 6.45) is 1.01. The fourth-order valence-corrected chi connectivity index (χ4v) is 5.05. The van der Waals surface area contributed by atoms with Gasteiger partial charge in [-0.2, -0.15) is 0 Å². The number of nitrogens with two attached hydrogens (primary N) is 1. The standard InChI is InChI=1S/C28H39N7O5S/c1-28(2,29)20-30-24(19-39-18-21-9-5-4-6-10-21)26-32-31-25-17-34(14-15-35(25)26)27(36)40-16-13-22-11-7-8-12-23(22)33-41(3,37)38/h4-12,24,30,33H,13-20,29H2,1-3H3/t24-/m1/s1. The number of hydrogen-bond acceptors (Lipinski definition) is 9. The number of ether oxygens (including phenoxy) is 2. The number of anilines is 1. The quantitative estimate of drug-likeness (QED) is 0.274.